The van der Waals surface area contributed by atoms with E-state index >= 15 is 0 Å². The molecule has 1 aliphatic heterocycles. The lowest BCUT2D eigenvalue weighted by atomic mass is 9.97. The first-order valence-electron chi connectivity index (χ1n) is 9.32. The van der Waals surface area contributed by atoms with Gasteiger partial charge in [-0.1, -0.05) is 32.0 Å². The number of hydrogen-bond acceptors (Lipinski definition) is 3. The Labute approximate surface area is 161 Å². The highest BCUT2D eigenvalue weighted by atomic mass is 32.2. The lowest BCUT2D eigenvalue weighted by Gasteiger charge is -2.37. The van der Waals surface area contributed by atoms with Crippen LogP contribution < -0.4 is 4.90 Å². The van der Waals surface area contributed by atoms with Crippen LogP contribution in [0.1, 0.15) is 36.5 Å². The van der Waals surface area contributed by atoms with E-state index in [1.54, 1.807) is 6.92 Å². The van der Waals surface area contributed by atoms with Gasteiger partial charge in [-0.05, 0) is 54.7 Å². The molecule has 0 spiro atoms. The first-order chi connectivity index (χ1) is 12.7. The molecular weight excluding hydrogens is 363 g/mol. The molecule has 146 valence electrons. The fourth-order valence-corrected chi connectivity index (χ4v) is 5.17. The first-order valence-corrected chi connectivity index (χ1v) is 10.8. The zero-order valence-corrected chi connectivity index (χ0v) is 17.2. The van der Waals surface area contributed by atoms with Crippen LogP contribution in [0.3, 0.4) is 0 Å². The summed E-state index contributed by atoms with van der Waals surface area (Å²) in [6.07, 6.45) is 0. The first kappa shape index (κ1) is 19.8. The highest BCUT2D eigenvalue weighted by molar-refractivity contribution is 7.89. The largest absolute Gasteiger partial charge is 0.368 e. The van der Waals surface area contributed by atoms with Crippen molar-refractivity contribution in [2.45, 2.75) is 38.5 Å². The summed E-state index contributed by atoms with van der Waals surface area (Å²) in [5.74, 6) is 0.0170. The van der Waals surface area contributed by atoms with Crippen LogP contribution in [0.2, 0.25) is 0 Å². The van der Waals surface area contributed by atoms with E-state index in [2.05, 4.69) is 43.9 Å². The quantitative estimate of drug-likeness (QED) is 0.790. The molecule has 3 rings (SSSR count). The number of piperazine rings is 1. The van der Waals surface area contributed by atoms with Gasteiger partial charge in [0.1, 0.15) is 5.82 Å². The van der Waals surface area contributed by atoms with Gasteiger partial charge in [-0.2, -0.15) is 4.31 Å². The maximum absolute atomic E-state index is 13.5. The predicted molar refractivity (Wildman–Crippen MR) is 107 cm³/mol. The van der Waals surface area contributed by atoms with E-state index in [0.29, 0.717) is 37.7 Å². The fraction of sp³-hybridized carbons (Fsp3) is 0.429. The Morgan fingerprint density at radius 1 is 0.963 bits per heavy atom. The number of rotatable bonds is 4. The normalized spacial score (nSPS) is 16.1. The minimum atomic E-state index is -3.60. The average Bonchev–Trinajstić information content (AvgIpc) is 2.63. The van der Waals surface area contributed by atoms with Crippen molar-refractivity contribution in [3.8, 4) is 0 Å². The van der Waals surface area contributed by atoms with Gasteiger partial charge in [-0.15, -0.1) is 0 Å². The number of nitrogens with zero attached hydrogens (tertiary/aromatic N) is 2. The van der Waals surface area contributed by atoms with Crippen molar-refractivity contribution in [2.75, 3.05) is 31.1 Å². The second kappa shape index (κ2) is 7.60. The zero-order valence-electron chi connectivity index (χ0n) is 16.4. The number of hydrogen-bond donors (Lipinski definition) is 0. The highest BCUT2D eigenvalue weighted by Crippen LogP contribution is 2.32. The van der Waals surface area contributed by atoms with Crippen molar-refractivity contribution in [1.82, 2.24) is 4.31 Å². The van der Waals surface area contributed by atoms with Crippen molar-refractivity contribution in [3.05, 3.63) is 58.9 Å². The standard InChI is InChI=1S/C21H27FN2O2S/c1-15(2)19-7-5-6-16(3)21(19)23-10-12-24(13-11-23)27(25,26)18-8-9-20(22)17(4)14-18/h5-9,14-15H,10-13H2,1-4H3. The van der Waals surface area contributed by atoms with Gasteiger partial charge in [-0.25, -0.2) is 12.8 Å². The molecule has 2 aromatic rings. The van der Waals surface area contributed by atoms with Crippen LogP contribution in [0.25, 0.3) is 0 Å². The molecule has 1 heterocycles. The van der Waals surface area contributed by atoms with Gasteiger partial charge in [0.15, 0.2) is 0 Å². The molecule has 6 heteroatoms. The van der Waals surface area contributed by atoms with Crippen molar-refractivity contribution in [1.29, 1.82) is 0 Å². The molecule has 1 saturated heterocycles. The van der Waals surface area contributed by atoms with Gasteiger partial charge in [0, 0.05) is 31.9 Å². The minimum Gasteiger partial charge on any atom is -0.368 e. The lowest BCUT2D eigenvalue weighted by molar-refractivity contribution is 0.384. The Morgan fingerprint density at radius 3 is 2.22 bits per heavy atom. The number of sulfonamides is 1. The molecular formula is C21H27FN2O2S. The average molecular weight is 391 g/mol. The number of para-hydroxylation sites is 1. The maximum atomic E-state index is 13.5. The van der Waals surface area contributed by atoms with Gasteiger partial charge < -0.3 is 4.90 Å². The van der Waals surface area contributed by atoms with Crippen LogP contribution >= 0.6 is 0 Å². The molecule has 27 heavy (non-hydrogen) atoms. The van der Waals surface area contributed by atoms with Crippen LogP contribution in [0.5, 0.6) is 0 Å². The summed E-state index contributed by atoms with van der Waals surface area (Å²) < 4.78 is 40.8. The van der Waals surface area contributed by atoms with Gasteiger partial charge in [0.2, 0.25) is 10.0 Å². The van der Waals surface area contributed by atoms with Gasteiger partial charge in [0.05, 0.1) is 4.90 Å². The highest BCUT2D eigenvalue weighted by Gasteiger charge is 2.30. The molecule has 0 bridgehead atoms. The smallest absolute Gasteiger partial charge is 0.243 e. The third-order valence-electron chi connectivity index (χ3n) is 5.21. The van der Waals surface area contributed by atoms with Crippen LogP contribution in [0.4, 0.5) is 10.1 Å². The van der Waals surface area contributed by atoms with Crippen LogP contribution in [0, 0.1) is 19.7 Å². The Morgan fingerprint density at radius 2 is 1.63 bits per heavy atom. The Hall–Kier alpha value is -1.92. The molecule has 0 N–H and O–H groups in total. The van der Waals surface area contributed by atoms with Gasteiger partial charge in [-0.3, -0.25) is 0 Å². The van der Waals surface area contributed by atoms with Crippen molar-refractivity contribution in [3.63, 3.8) is 0 Å². The maximum Gasteiger partial charge on any atom is 0.243 e. The topological polar surface area (TPSA) is 40.6 Å². The number of benzene rings is 2. The molecule has 0 unspecified atom stereocenters. The summed E-state index contributed by atoms with van der Waals surface area (Å²) in [6.45, 7) is 10.2. The van der Waals surface area contributed by atoms with E-state index in [9.17, 15) is 12.8 Å². The monoisotopic (exact) mass is 390 g/mol. The van der Waals surface area contributed by atoms with E-state index in [1.807, 2.05) is 0 Å². The molecule has 0 aromatic heterocycles. The molecule has 2 aromatic carbocycles. The SMILES string of the molecule is Cc1cc(S(=O)(=O)N2CCN(c3c(C)cccc3C(C)C)CC2)ccc1F. The second-order valence-electron chi connectivity index (χ2n) is 7.47. The molecule has 0 aliphatic carbocycles. The summed E-state index contributed by atoms with van der Waals surface area (Å²) in [5.41, 5.74) is 4.07. The third-order valence-corrected chi connectivity index (χ3v) is 7.11. The Kier molecular flexibility index (Phi) is 5.58. The molecule has 0 amide bonds. The summed E-state index contributed by atoms with van der Waals surface area (Å²) in [5, 5.41) is 0. The van der Waals surface area contributed by atoms with Crippen LogP contribution in [-0.2, 0) is 10.0 Å². The molecule has 4 nitrogen and oxygen atoms in total. The summed E-state index contributed by atoms with van der Waals surface area (Å²) in [7, 11) is -3.60. The summed E-state index contributed by atoms with van der Waals surface area (Å²) >= 11 is 0. The Balaban J connectivity index is 1.81. The van der Waals surface area contributed by atoms with Gasteiger partial charge in [0.25, 0.3) is 0 Å². The van der Waals surface area contributed by atoms with E-state index in [1.165, 1.54) is 39.3 Å². The minimum absolute atomic E-state index is 0.161. The predicted octanol–water partition coefficient (Wildman–Crippen LogP) is 4.08. The molecule has 0 radical (unpaired) electrons. The second-order valence-corrected chi connectivity index (χ2v) is 9.41. The Bertz CT molecular complexity index is 933. The summed E-state index contributed by atoms with van der Waals surface area (Å²) in [4.78, 5) is 2.45. The van der Waals surface area contributed by atoms with Crippen LogP contribution in [-0.4, -0.2) is 38.9 Å². The van der Waals surface area contributed by atoms with E-state index in [-0.39, 0.29) is 10.7 Å². The van der Waals surface area contributed by atoms with Crippen molar-refractivity contribution < 1.29 is 12.8 Å². The molecule has 0 saturated carbocycles. The van der Waals surface area contributed by atoms with E-state index in [4.69, 9.17) is 0 Å². The van der Waals surface area contributed by atoms with Crippen LogP contribution in [0.15, 0.2) is 41.3 Å². The van der Waals surface area contributed by atoms with Crippen molar-refractivity contribution in [2.24, 2.45) is 0 Å². The third kappa shape index (κ3) is 3.87. The van der Waals surface area contributed by atoms with Gasteiger partial charge >= 0.3 is 0 Å². The molecule has 1 fully saturated rings. The number of halogens is 1. The lowest BCUT2D eigenvalue weighted by Crippen LogP contribution is -2.49. The number of anilines is 1. The molecule has 1 aliphatic rings. The van der Waals surface area contributed by atoms with Crippen molar-refractivity contribution >= 4 is 15.7 Å². The zero-order chi connectivity index (χ0) is 19.8. The van der Waals surface area contributed by atoms with E-state index in [0.717, 1.165) is 0 Å². The summed E-state index contributed by atoms with van der Waals surface area (Å²) in [6, 6.07) is 10.3. The number of aryl methyl sites for hydroxylation is 2. The van der Waals surface area contributed by atoms with E-state index < -0.39 is 10.0 Å². The fourth-order valence-electron chi connectivity index (χ4n) is 3.66. The molecule has 0 atom stereocenters.